The molecular formula is C6H24BN3O9. The highest BCUT2D eigenvalue weighted by molar-refractivity contribution is 6.30. The summed E-state index contributed by atoms with van der Waals surface area (Å²) in [4.78, 5) is 0. The van der Waals surface area contributed by atoms with Gasteiger partial charge in [-0.2, -0.15) is 0 Å². The quantitative estimate of drug-likeness (QED) is 0.171. The second kappa shape index (κ2) is 22.7. The molecule has 0 aliphatic carbocycles. The lowest BCUT2D eigenvalue weighted by Crippen LogP contribution is -2.22. The zero-order valence-corrected chi connectivity index (χ0v) is 10.2. The van der Waals surface area contributed by atoms with E-state index < -0.39 is 26.0 Å². The molecule has 0 fully saturated rings. The number of nitrogens with two attached hydrogens (primary N) is 3. The second-order valence-electron chi connectivity index (χ2n) is 2.60. The van der Waals surface area contributed by atoms with Gasteiger partial charge in [0.15, 0.2) is 0 Å². The Kier molecular flexibility index (Phi) is 32.3. The Hall–Kier alpha value is -0.415. The molecular weight excluding hydrogens is 269 g/mol. The lowest BCUT2D eigenvalue weighted by Gasteiger charge is -1.91. The summed E-state index contributed by atoms with van der Waals surface area (Å²) >= 11 is 0. The number of hydrogen-bond donors (Lipinski definition) is 12. The van der Waals surface area contributed by atoms with Crippen molar-refractivity contribution in [3.63, 3.8) is 0 Å². The molecule has 0 heterocycles. The third kappa shape index (κ3) is 137. The van der Waals surface area contributed by atoms with Crippen molar-refractivity contribution >= 4 is 7.32 Å². The molecule has 19 heavy (non-hydrogen) atoms. The molecule has 15 N–H and O–H groups in total. The van der Waals surface area contributed by atoms with E-state index in [0.29, 0.717) is 0 Å². The van der Waals surface area contributed by atoms with E-state index in [2.05, 4.69) is 17.2 Å². The van der Waals surface area contributed by atoms with Crippen molar-refractivity contribution in [2.45, 2.75) is 18.7 Å². The van der Waals surface area contributed by atoms with Gasteiger partial charge in [-0.05, 0) is 0 Å². The average molecular weight is 293 g/mol. The minimum absolute atomic E-state index is 0.361. The first kappa shape index (κ1) is 27.0. The Bertz CT molecular complexity index is 119. The number of aliphatic hydroxyl groups excluding tert-OH is 6. The third-order valence-electron chi connectivity index (χ3n) is 0.561. The van der Waals surface area contributed by atoms with Gasteiger partial charge >= 0.3 is 7.32 Å². The third-order valence-corrected chi connectivity index (χ3v) is 0.561. The van der Waals surface area contributed by atoms with E-state index >= 15 is 0 Å². The normalized spacial score (nSPS) is 13.3. The van der Waals surface area contributed by atoms with E-state index in [1.807, 2.05) is 0 Å². The van der Waals surface area contributed by atoms with Gasteiger partial charge in [-0.25, -0.2) is 0 Å². The molecule has 0 rings (SSSR count). The minimum atomic E-state index is -2.17. The Morgan fingerprint density at radius 3 is 0.684 bits per heavy atom. The molecule has 0 bridgehead atoms. The highest BCUT2D eigenvalue weighted by Gasteiger charge is 1.92. The van der Waals surface area contributed by atoms with Gasteiger partial charge in [0.25, 0.3) is 0 Å². The highest BCUT2D eigenvalue weighted by Crippen LogP contribution is 1.56. The maximum absolute atomic E-state index is 7.89. The van der Waals surface area contributed by atoms with Crippen LogP contribution in [0.25, 0.3) is 0 Å². The molecule has 0 saturated carbocycles. The smallest absolute Gasteiger partial charge is 0.402 e. The van der Waals surface area contributed by atoms with Crippen molar-refractivity contribution in [2.75, 3.05) is 19.8 Å². The molecule has 3 unspecified atom stereocenters. The van der Waals surface area contributed by atoms with Crippen LogP contribution in [0.4, 0.5) is 0 Å². The SMILES string of the molecule is NC(O)CO.NC(O)CO.NC(O)CO.OB(O)O. The van der Waals surface area contributed by atoms with E-state index in [-0.39, 0.29) is 19.8 Å². The fraction of sp³-hybridized carbons (Fsp3) is 1.00. The molecule has 0 spiro atoms. The van der Waals surface area contributed by atoms with Crippen LogP contribution in [-0.4, -0.2) is 91.5 Å². The molecule has 0 saturated heterocycles. The summed E-state index contributed by atoms with van der Waals surface area (Å²) in [6, 6.07) is 0. The van der Waals surface area contributed by atoms with Crippen molar-refractivity contribution in [3.8, 4) is 0 Å². The van der Waals surface area contributed by atoms with E-state index in [4.69, 9.17) is 45.7 Å². The van der Waals surface area contributed by atoms with Gasteiger partial charge in [0.1, 0.15) is 18.7 Å². The Morgan fingerprint density at radius 2 is 0.684 bits per heavy atom. The Labute approximate surface area is 110 Å². The van der Waals surface area contributed by atoms with E-state index in [1.165, 1.54) is 0 Å². The van der Waals surface area contributed by atoms with E-state index in [1.54, 1.807) is 0 Å². The summed E-state index contributed by atoms with van der Waals surface area (Å²) < 4.78 is 0. The van der Waals surface area contributed by atoms with Crippen LogP contribution in [0.5, 0.6) is 0 Å². The van der Waals surface area contributed by atoms with Gasteiger partial charge in [0, 0.05) is 0 Å². The molecule has 13 heteroatoms. The molecule has 0 aromatic rings. The summed E-state index contributed by atoms with van der Waals surface area (Å²) in [5, 5.41) is 68.5. The Balaban J connectivity index is -0.0000000793. The molecule has 3 atom stereocenters. The zero-order valence-electron chi connectivity index (χ0n) is 10.2. The van der Waals surface area contributed by atoms with Crippen LogP contribution in [0.3, 0.4) is 0 Å². The predicted octanol–water partition coefficient (Wildman–Crippen LogP) is -7.28. The van der Waals surface area contributed by atoms with Crippen LogP contribution in [-0.2, 0) is 0 Å². The molecule has 0 radical (unpaired) electrons. The van der Waals surface area contributed by atoms with Crippen LogP contribution in [0.15, 0.2) is 0 Å². The van der Waals surface area contributed by atoms with E-state index in [0.717, 1.165) is 0 Å². The first-order valence-electron chi connectivity index (χ1n) is 4.72. The fourth-order valence-corrected chi connectivity index (χ4v) is 0. The van der Waals surface area contributed by atoms with Gasteiger partial charge in [0.2, 0.25) is 0 Å². The number of aliphatic hydroxyl groups is 6. The maximum atomic E-state index is 7.89. The van der Waals surface area contributed by atoms with Gasteiger partial charge in [0.05, 0.1) is 19.8 Å². The Morgan fingerprint density at radius 1 is 0.632 bits per heavy atom. The summed E-state index contributed by atoms with van der Waals surface area (Å²) in [5.41, 5.74) is 13.8. The molecule has 0 aliphatic heterocycles. The van der Waals surface area contributed by atoms with Crippen molar-refractivity contribution in [1.82, 2.24) is 0 Å². The monoisotopic (exact) mass is 293 g/mol. The first-order chi connectivity index (χ1) is 8.54. The predicted molar refractivity (Wildman–Crippen MR) is 64.3 cm³/mol. The van der Waals surface area contributed by atoms with Crippen LogP contribution >= 0.6 is 0 Å². The van der Waals surface area contributed by atoms with Crippen molar-refractivity contribution < 1.29 is 45.7 Å². The number of hydrogen-bond acceptors (Lipinski definition) is 12. The van der Waals surface area contributed by atoms with E-state index in [9.17, 15) is 0 Å². The molecule has 120 valence electrons. The number of rotatable bonds is 3. The van der Waals surface area contributed by atoms with Gasteiger partial charge in [-0.3, -0.25) is 0 Å². The molecule has 0 aromatic carbocycles. The second-order valence-corrected chi connectivity index (χ2v) is 2.60. The fourth-order valence-electron chi connectivity index (χ4n) is 0. The standard InChI is InChI=1S/3C2H7NO2.BH3O3/c3*3-2(5)1-4;2-1(3)4/h3*2,4-5H,1,3H2;2-4H. The van der Waals surface area contributed by atoms with Crippen LogP contribution in [0.2, 0.25) is 0 Å². The minimum Gasteiger partial charge on any atom is -0.402 e. The lowest BCUT2D eigenvalue weighted by molar-refractivity contribution is 0.100. The van der Waals surface area contributed by atoms with Crippen LogP contribution < -0.4 is 17.2 Å². The molecule has 0 aliphatic rings. The zero-order chi connectivity index (χ0) is 16.4. The van der Waals surface area contributed by atoms with Gasteiger partial charge in [-0.1, -0.05) is 0 Å². The topological polar surface area (TPSA) is 260 Å². The molecule has 0 amide bonds. The van der Waals surface area contributed by atoms with Gasteiger partial charge < -0.3 is 62.9 Å². The van der Waals surface area contributed by atoms with Crippen LogP contribution in [0, 0.1) is 0 Å². The lowest BCUT2D eigenvalue weighted by atomic mass is 10.3. The highest BCUT2D eigenvalue weighted by atomic mass is 16.5. The summed E-state index contributed by atoms with van der Waals surface area (Å²) in [7, 11) is -2.17. The molecule has 0 aromatic heterocycles. The largest absolute Gasteiger partial charge is 0.631 e. The van der Waals surface area contributed by atoms with Crippen LogP contribution in [0.1, 0.15) is 0 Å². The maximum Gasteiger partial charge on any atom is 0.631 e. The van der Waals surface area contributed by atoms with Crippen molar-refractivity contribution in [1.29, 1.82) is 0 Å². The summed E-state index contributed by atoms with van der Waals surface area (Å²) in [6.07, 6.45) is -3.18. The first-order valence-corrected chi connectivity index (χ1v) is 4.72. The molecule has 12 nitrogen and oxygen atoms in total. The summed E-state index contributed by atoms with van der Waals surface area (Å²) in [6.45, 7) is -1.08. The van der Waals surface area contributed by atoms with Crippen molar-refractivity contribution in [2.24, 2.45) is 17.2 Å². The van der Waals surface area contributed by atoms with Gasteiger partial charge in [-0.15, -0.1) is 0 Å². The van der Waals surface area contributed by atoms with Crippen molar-refractivity contribution in [3.05, 3.63) is 0 Å². The average Bonchev–Trinajstić information content (AvgIpc) is 2.29. The summed E-state index contributed by atoms with van der Waals surface area (Å²) in [5.74, 6) is 0.